The molecule has 0 fully saturated rings. The molecule has 0 aromatic heterocycles. The number of ether oxygens (including phenoxy) is 3. The molecule has 4 nitrogen and oxygen atoms in total. The summed E-state index contributed by atoms with van der Waals surface area (Å²) in [6.07, 6.45) is 0. The molecule has 112 valence electrons. The van der Waals surface area contributed by atoms with Gasteiger partial charge in [0.25, 0.3) is 0 Å². The van der Waals surface area contributed by atoms with Crippen molar-refractivity contribution >= 4 is 17.3 Å². The maximum absolute atomic E-state index is 5.97. The molecule has 0 unspecified atom stereocenters. The Morgan fingerprint density at radius 1 is 0.952 bits per heavy atom. The summed E-state index contributed by atoms with van der Waals surface area (Å²) in [5, 5.41) is 3.90. The molecule has 2 aromatic carbocycles. The second kappa shape index (κ2) is 7.64. The van der Waals surface area contributed by atoms with Crippen molar-refractivity contribution in [2.24, 2.45) is 0 Å². The molecule has 0 heterocycles. The Hall–Kier alpha value is -2.07. The van der Waals surface area contributed by atoms with Gasteiger partial charge in [-0.25, -0.2) is 0 Å². The highest BCUT2D eigenvalue weighted by molar-refractivity contribution is 6.30. The summed E-state index contributed by atoms with van der Waals surface area (Å²) in [6.45, 7) is 1.17. The van der Waals surface area contributed by atoms with Crippen molar-refractivity contribution in [3.05, 3.63) is 47.5 Å². The van der Waals surface area contributed by atoms with Crippen LogP contribution in [0.5, 0.6) is 17.2 Å². The standard InChI is InChI=1S/C16H18ClNO3/c1-19-13-4-6-14(7-5-13)21-10-9-18-15-11-12(17)3-8-16(15)20-2/h3-8,11,18H,9-10H2,1-2H3. The molecule has 0 amide bonds. The Balaban J connectivity index is 1.82. The van der Waals surface area contributed by atoms with Crippen LogP contribution in [-0.2, 0) is 0 Å². The number of benzene rings is 2. The number of anilines is 1. The molecular weight excluding hydrogens is 290 g/mol. The van der Waals surface area contributed by atoms with Crippen molar-refractivity contribution in [1.82, 2.24) is 0 Å². The molecule has 0 bridgehead atoms. The average molecular weight is 308 g/mol. The van der Waals surface area contributed by atoms with Crippen LogP contribution in [0.15, 0.2) is 42.5 Å². The third-order valence-electron chi connectivity index (χ3n) is 2.91. The number of rotatable bonds is 7. The molecule has 21 heavy (non-hydrogen) atoms. The average Bonchev–Trinajstić information content (AvgIpc) is 2.52. The molecule has 0 saturated heterocycles. The molecule has 0 radical (unpaired) electrons. The van der Waals surface area contributed by atoms with E-state index in [1.807, 2.05) is 36.4 Å². The molecule has 5 heteroatoms. The Morgan fingerprint density at radius 3 is 2.33 bits per heavy atom. The zero-order chi connectivity index (χ0) is 15.1. The van der Waals surface area contributed by atoms with Gasteiger partial charge in [-0.15, -0.1) is 0 Å². The van der Waals surface area contributed by atoms with E-state index >= 15 is 0 Å². The van der Waals surface area contributed by atoms with E-state index in [4.69, 9.17) is 25.8 Å². The summed E-state index contributed by atoms with van der Waals surface area (Å²) in [5.74, 6) is 2.36. The number of halogens is 1. The van der Waals surface area contributed by atoms with E-state index in [0.717, 1.165) is 22.9 Å². The van der Waals surface area contributed by atoms with Gasteiger partial charge in [-0.1, -0.05) is 11.6 Å². The van der Waals surface area contributed by atoms with Crippen LogP contribution in [0.1, 0.15) is 0 Å². The van der Waals surface area contributed by atoms with Gasteiger partial charge < -0.3 is 19.5 Å². The summed E-state index contributed by atoms with van der Waals surface area (Å²) in [6, 6.07) is 12.9. The van der Waals surface area contributed by atoms with Crippen molar-refractivity contribution in [2.45, 2.75) is 0 Å². The predicted octanol–water partition coefficient (Wildman–Crippen LogP) is 3.85. The molecule has 0 atom stereocenters. The van der Waals surface area contributed by atoms with Crippen molar-refractivity contribution in [3.63, 3.8) is 0 Å². The lowest BCUT2D eigenvalue weighted by Crippen LogP contribution is -2.12. The highest BCUT2D eigenvalue weighted by Gasteiger charge is 2.03. The van der Waals surface area contributed by atoms with Crippen LogP contribution >= 0.6 is 11.6 Å². The van der Waals surface area contributed by atoms with E-state index in [1.54, 1.807) is 20.3 Å². The van der Waals surface area contributed by atoms with Gasteiger partial charge in [0, 0.05) is 11.6 Å². The fourth-order valence-corrected chi connectivity index (χ4v) is 2.02. The van der Waals surface area contributed by atoms with Gasteiger partial charge in [0.2, 0.25) is 0 Å². The maximum Gasteiger partial charge on any atom is 0.142 e. The zero-order valence-electron chi connectivity index (χ0n) is 12.1. The predicted molar refractivity (Wildman–Crippen MR) is 85.0 cm³/mol. The van der Waals surface area contributed by atoms with Crippen LogP contribution in [0.4, 0.5) is 5.69 Å². The van der Waals surface area contributed by atoms with Crippen molar-refractivity contribution in [3.8, 4) is 17.2 Å². The Kier molecular flexibility index (Phi) is 5.58. The minimum atomic E-state index is 0.530. The van der Waals surface area contributed by atoms with Crippen LogP contribution in [-0.4, -0.2) is 27.4 Å². The van der Waals surface area contributed by atoms with E-state index in [-0.39, 0.29) is 0 Å². The first-order valence-corrected chi connectivity index (χ1v) is 6.95. The van der Waals surface area contributed by atoms with Crippen LogP contribution in [0, 0.1) is 0 Å². The molecule has 0 saturated carbocycles. The Bertz CT molecular complexity index is 572. The van der Waals surface area contributed by atoms with Crippen molar-refractivity contribution in [1.29, 1.82) is 0 Å². The van der Waals surface area contributed by atoms with Gasteiger partial charge in [-0.05, 0) is 42.5 Å². The maximum atomic E-state index is 5.97. The molecule has 2 aromatic rings. The summed E-state index contributed by atoms with van der Waals surface area (Å²) in [4.78, 5) is 0. The normalized spacial score (nSPS) is 10.0. The lowest BCUT2D eigenvalue weighted by molar-refractivity contribution is 0.331. The summed E-state index contributed by atoms with van der Waals surface area (Å²) in [5.41, 5.74) is 0.850. The smallest absolute Gasteiger partial charge is 0.142 e. The van der Waals surface area contributed by atoms with Gasteiger partial charge in [-0.2, -0.15) is 0 Å². The number of hydrogen-bond acceptors (Lipinski definition) is 4. The second-order valence-corrected chi connectivity index (χ2v) is 4.73. The van der Waals surface area contributed by atoms with E-state index in [9.17, 15) is 0 Å². The minimum Gasteiger partial charge on any atom is -0.497 e. The highest BCUT2D eigenvalue weighted by atomic mass is 35.5. The molecule has 0 aliphatic heterocycles. The first-order chi connectivity index (χ1) is 10.2. The van der Waals surface area contributed by atoms with E-state index in [2.05, 4.69) is 5.32 Å². The topological polar surface area (TPSA) is 39.7 Å². The monoisotopic (exact) mass is 307 g/mol. The number of nitrogens with one attached hydrogen (secondary N) is 1. The Labute approximate surface area is 129 Å². The SMILES string of the molecule is COc1ccc(OCCNc2cc(Cl)ccc2OC)cc1. The second-order valence-electron chi connectivity index (χ2n) is 4.30. The van der Waals surface area contributed by atoms with Gasteiger partial charge in [-0.3, -0.25) is 0 Å². The van der Waals surface area contributed by atoms with Gasteiger partial charge in [0.15, 0.2) is 0 Å². The molecule has 0 spiro atoms. The number of hydrogen-bond donors (Lipinski definition) is 1. The van der Waals surface area contributed by atoms with Crippen molar-refractivity contribution in [2.75, 3.05) is 32.7 Å². The molecule has 2 rings (SSSR count). The fraction of sp³-hybridized carbons (Fsp3) is 0.250. The lowest BCUT2D eigenvalue weighted by Gasteiger charge is -2.12. The van der Waals surface area contributed by atoms with E-state index in [0.29, 0.717) is 18.2 Å². The third kappa shape index (κ3) is 4.46. The summed E-state index contributed by atoms with van der Waals surface area (Å²) >= 11 is 5.97. The third-order valence-corrected chi connectivity index (χ3v) is 3.14. The first kappa shape index (κ1) is 15.3. The van der Waals surface area contributed by atoms with E-state index < -0.39 is 0 Å². The quantitative estimate of drug-likeness (QED) is 0.789. The fourth-order valence-electron chi connectivity index (χ4n) is 1.84. The van der Waals surface area contributed by atoms with Gasteiger partial charge in [0.1, 0.15) is 23.9 Å². The summed E-state index contributed by atoms with van der Waals surface area (Å²) < 4.78 is 16.0. The molecular formula is C16H18ClNO3. The van der Waals surface area contributed by atoms with Gasteiger partial charge >= 0.3 is 0 Å². The van der Waals surface area contributed by atoms with Crippen LogP contribution in [0.2, 0.25) is 5.02 Å². The Morgan fingerprint density at radius 2 is 1.67 bits per heavy atom. The summed E-state index contributed by atoms with van der Waals surface area (Å²) in [7, 11) is 3.26. The highest BCUT2D eigenvalue weighted by Crippen LogP contribution is 2.27. The molecule has 1 N–H and O–H groups in total. The zero-order valence-corrected chi connectivity index (χ0v) is 12.8. The molecule has 0 aliphatic carbocycles. The van der Waals surface area contributed by atoms with Crippen LogP contribution in [0.25, 0.3) is 0 Å². The minimum absolute atomic E-state index is 0.530. The van der Waals surface area contributed by atoms with Crippen molar-refractivity contribution < 1.29 is 14.2 Å². The van der Waals surface area contributed by atoms with Gasteiger partial charge in [0.05, 0.1) is 19.9 Å². The molecule has 0 aliphatic rings. The first-order valence-electron chi connectivity index (χ1n) is 6.57. The largest absolute Gasteiger partial charge is 0.497 e. The van der Waals surface area contributed by atoms with Crippen LogP contribution in [0.3, 0.4) is 0 Å². The van der Waals surface area contributed by atoms with E-state index in [1.165, 1.54) is 0 Å². The lowest BCUT2D eigenvalue weighted by atomic mass is 10.3. The van der Waals surface area contributed by atoms with Crippen LogP contribution < -0.4 is 19.5 Å². The number of methoxy groups -OCH3 is 2.